The first-order chi connectivity index (χ1) is 19.9. The van der Waals surface area contributed by atoms with Crippen molar-refractivity contribution in [2.45, 2.75) is 43.2 Å². The maximum atomic E-state index is 12.5. The van der Waals surface area contributed by atoms with Gasteiger partial charge in [0.15, 0.2) is 11.0 Å². The van der Waals surface area contributed by atoms with E-state index in [9.17, 15) is 8.42 Å². The minimum atomic E-state index is -3.53. The van der Waals surface area contributed by atoms with Crippen LogP contribution in [0.25, 0.3) is 5.69 Å². The number of pyridine rings is 1. The Balaban J connectivity index is 1.22. The van der Waals surface area contributed by atoms with E-state index in [1.54, 1.807) is 24.2 Å². The summed E-state index contributed by atoms with van der Waals surface area (Å²) in [7, 11) is -1.54. The van der Waals surface area contributed by atoms with Gasteiger partial charge in [-0.25, -0.2) is 0 Å². The Morgan fingerprint density at radius 3 is 2.76 bits per heavy atom. The molecule has 1 saturated heterocycles. The number of aromatic nitrogens is 4. The van der Waals surface area contributed by atoms with Crippen LogP contribution in [0.2, 0.25) is 0 Å². The smallest absolute Gasteiger partial charge is 0.280 e. The maximum Gasteiger partial charge on any atom is 0.280 e. The van der Waals surface area contributed by atoms with Gasteiger partial charge < -0.3 is 9.64 Å². The summed E-state index contributed by atoms with van der Waals surface area (Å²) in [6.45, 7) is 4.65. The van der Waals surface area contributed by atoms with E-state index in [-0.39, 0.29) is 13.2 Å². The topological polar surface area (TPSA) is 105 Å². The first-order valence-corrected chi connectivity index (χ1v) is 16.0. The molecule has 3 aromatic rings. The van der Waals surface area contributed by atoms with Crippen molar-refractivity contribution in [3.8, 4) is 23.3 Å². The number of ether oxygens (including phenoxy) is 1. The lowest BCUT2D eigenvalue weighted by Gasteiger charge is -2.31. The lowest BCUT2D eigenvalue weighted by atomic mass is 10.1. The first kappa shape index (κ1) is 29.3. The molecule has 0 bridgehead atoms. The molecule has 12 heteroatoms. The van der Waals surface area contributed by atoms with Gasteiger partial charge in [-0.15, -0.1) is 10.2 Å². The Labute approximate surface area is 246 Å². The molecule has 2 aromatic heterocycles. The van der Waals surface area contributed by atoms with Gasteiger partial charge in [-0.3, -0.25) is 9.55 Å². The van der Waals surface area contributed by atoms with E-state index in [1.165, 1.54) is 10.7 Å². The molecule has 1 aliphatic heterocycles. The minimum Gasteiger partial charge on any atom is -0.486 e. The van der Waals surface area contributed by atoms with Crippen LogP contribution in [0.3, 0.4) is 0 Å². The van der Waals surface area contributed by atoms with Gasteiger partial charge in [-0.1, -0.05) is 35.8 Å². The number of thioether (sulfide) groups is 1. The summed E-state index contributed by atoms with van der Waals surface area (Å²) < 4.78 is 37.2. The molecular formula is C29H35N7O3S2. The molecule has 1 fully saturated rings. The SMILES string of the molecule is Cc1cc(OCc2nnc(SC3C=CCCC3)n2-c2cccnc2)ccc1C#CCNS(=O)(=O)N1CCN(C)CC1. The Hall–Kier alpha value is -3.21. The predicted octanol–water partition coefficient (Wildman–Crippen LogP) is 3.18. The molecule has 1 aliphatic carbocycles. The fraction of sp³-hybridized carbons (Fsp3) is 0.414. The summed E-state index contributed by atoms with van der Waals surface area (Å²) in [4.78, 5) is 6.40. The highest BCUT2D eigenvalue weighted by Crippen LogP contribution is 2.31. The van der Waals surface area contributed by atoms with Gasteiger partial charge in [0.25, 0.3) is 10.2 Å². The number of rotatable bonds is 9. The van der Waals surface area contributed by atoms with Crippen LogP contribution in [0.5, 0.6) is 5.75 Å². The van der Waals surface area contributed by atoms with E-state index in [1.807, 2.05) is 48.9 Å². The van der Waals surface area contributed by atoms with Gasteiger partial charge in [0, 0.05) is 43.2 Å². The van der Waals surface area contributed by atoms with Crippen molar-refractivity contribution in [1.29, 1.82) is 0 Å². The lowest BCUT2D eigenvalue weighted by Crippen LogP contribution is -2.50. The average molecular weight is 594 g/mol. The van der Waals surface area contributed by atoms with E-state index < -0.39 is 10.2 Å². The van der Waals surface area contributed by atoms with Crippen molar-refractivity contribution in [3.05, 3.63) is 71.8 Å². The Morgan fingerprint density at radius 1 is 1.17 bits per heavy atom. The number of aryl methyl sites for hydroxylation is 1. The van der Waals surface area contributed by atoms with Crippen LogP contribution in [0.1, 0.15) is 36.2 Å². The number of piperazine rings is 1. The first-order valence-electron chi connectivity index (χ1n) is 13.7. The predicted molar refractivity (Wildman–Crippen MR) is 160 cm³/mol. The van der Waals surface area contributed by atoms with Crippen LogP contribution in [0.4, 0.5) is 0 Å². The number of allylic oxidation sites excluding steroid dienone is 1. The van der Waals surface area contributed by atoms with Crippen molar-refractivity contribution >= 4 is 22.0 Å². The third-order valence-electron chi connectivity index (χ3n) is 7.01. The quantitative estimate of drug-likeness (QED) is 0.298. The van der Waals surface area contributed by atoms with Gasteiger partial charge in [0.2, 0.25) is 0 Å². The van der Waals surface area contributed by atoms with Crippen molar-refractivity contribution in [1.82, 2.24) is 33.7 Å². The molecule has 5 rings (SSSR count). The number of hydrogen-bond donors (Lipinski definition) is 1. The van der Waals surface area contributed by atoms with E-state index in [4.69, 9.17) is 4.74 Å². The molecule has 0 saturated carbocycles. The Kier molecular flexibility index (Phi) is 9.74. The molecule has 1 N–H and O–H groups in total. The summed E-state index contributed by atoms with van der Waals surface area (Å²) >= 11 is 1.71. The number of benzene rings is 1. The summed E-state index contributed by atoms with van der Waals surface area (Å²) in [5, 5.41) is 10.1. The molecule has 1 atom stereocenters. The normalized spacial score (nSPS) is 18.1. The van der Waals surface area contributed by atoms with Gasteiger partial charge in [-0.2, -0.15) is 17.4 Å². The third kappa shape index (κ3) is 7.75. The van der Waals surface area contributed by atoms with Crippen molar-refractivity contribution in [2.24, 2.45) is 0 Å². The number of hydrogen-bond acceptors (Lipinski definition) is 8. The highest BCUT2D eigenvalue weighted by Gasteiger charge is 2.25. The Bertz CT molecular complexity index is 1520. The molecule has 41 heavy (non-hydrogen) atoms. The standard InChI is InChI=1S/C29H35N7O3S2/c1-23-20-26(13-12-24(23)8-6-15-31-41(37,38)35-18-16-34(2)17-19-35)39-22-28-32-33-29(40-27-10-4-3-5-11-27)36(28)25-9-7-14-30-21-25/h4,7,9-10,12-14,20-21,27,31H,3,5,11,15-19,22H2,1-2H3. The molecule has 0 amide bonds. The molecule has 0 spiro atoms. The molecule has 1 aromatic carbocycles. The second-order valence-electron chi connectivity index (χ2n) is 10.1. The van der Waals surface area contributed by atoms with E-state index in [0.29, 0.717) is 29.9 Å². The van der Waals surface area contributed by atoms with E-state index in [2.05, 4.69) is 48.8 Å². The van der Waals surface area contributed by atoms with E-state index in [0.717, 1.165) is 47.9 Å². The minimum absolute atomic E-state index is 0.0490. The largest absolute Gasteiger partial charge is 0.486 e. The number of likely N-dealkylation sites (N-methyl/N-ethyl adjacent to an activating group) is 1. The summed E-state index contributed by atoms with van der Waals surface area (Å²) in [5.74, 6) is 7.38. The second kappa shape index (κ2) is 13.6. The number of nitrogens with one attached hydrogen (secondary N) is 1. The third-order valence-corrected chi connectivity index (χ3v) is 9.73. The average Bonchev–Trinajstić information content (AvgIpc) is 3.38. The summed E-state index contributed by atoms with van der Waals surface area (Å²) in [6, 6.07) is 9.55. The maximum absolute atomic E-state index is 12.5. The zero-order chi connectivity index (χ0) is 28.7. The zero-order valence-corrected chi connectivity index (χ0v) is 25.0. The molecule has 216 valence electrons. The van der Waals surface area contributed by atoms with Crippen LogP contribution in [0, 0.1) is 18.8 Å². The van der Waals surface area contributed by atoms with Gasteiger partial charge in [0.1, 0.15) is 12.4 Å². The summed E-state index contributed by atoms with van der Waals surface area (Å²) in [6.07, 6.45) is 11.5. The molecular weight excluding hydrogens is 558 g/mol. The van der Waals surface area contributed by atoms with E-state index >= 15 is 0 Å². The highest BCUT2D eigenvalue weighted by molar-refractivity contribution is 7.99. The monoisotopic (exact) mass is 593 g/mol. The van der Waals surface area contributed by atoms with Crippen LogP contribution < -0.4 is 9.46 Å². The second-order valence-corrected chi connectivity index (χ2v) is 13.0. The fourth-order valence-corrected chi connectivity index (χ4v) is 6.86. The molecule has 1 unspecified atom stereocenters. The van der Waals surface area contributed by atoms with Crippen molar-refractivity contribution in [3.63, 3.8) is 0 Å². The molecule has 2 aliphatic rings. The molecule has 3 heterocycles. The van der Waals surface area contributed by atoms with Crippen LogP contribution >= 0.6 is 11.8 Å². The molecule has 10 nitrogen and oxygen atoms in total. The van der Waals surface area contributed by atoms with Crippen LogP contribution in [0.15, 0.2) is 60.0 Å². The fourth-order valence-electron chi connectivity index (χ4n) is 4.63. The summed E-state index contributed by atoms with van der Waals surface area (Å²) in [5.41, 5.74) is 2.64. The van der Waals surface area contributed by atoms with Crippen LogP contribution in [-0.2, 0) is 16.8 Å². The van der Waals surface area contributed by atoms with Crippen LogP contribution in [-0.4, -0.2) is 82.4 Å². The van der Waals surface area contributed by atoms with Crippen molar-refractivity contribution < 1.29 is 13.2 Å². The van der Waals surface area contributed by atoms with Gasteiger partial charge in [-0.05, 0) is 69.1 Å². The van der Waals surface area contributed by atoms with Crippen molar-refractivity contribution in [2.75, 3.05) is 39.8 Å². The molecule has 0 radical (unpaired) electrons. The number of nitrogens with zero attached hydrogens (tertiary/aromatic N) is 6. The van der Waals surface area contributed by atoms with Gasteiger partial charge >= 0.3 is 0 Å². The zero-order valence-electron chi connectivity index (χ0n) is 23.4. The lowest BCUT2D eigenvalue weighted by molar-refractivity contribution is 0.221. The van der Waals surface area contributed by atoms with Gasteiger partial charge in [0.05, 0.1) is 18.4 Å². The highest BCUT2D eigenvalue weighted by atomic mass is 32.2. The Morgan fingerprint density at radius 2 is 2.02 bits per heavy atom.